The van der Waals surface area contributed by atoms with Crippen LogP contribution in [0.25, 0.3) is 10.1 Å². The number of alkyl halides is 3. The quantitative estimate of drug-likeness (QED) is 0.556. The zero-order valence-electron chi connectivity index (χ0n) is 7.34. The van der Waals surface area contributed by atoms with Crippen molar-refractivity contribution in [1.82, 2.24) is 0 Å². The van der Waals surface area contributed by atoms with Gasteiger partial charge in [0.2, 0.25) is 5.78 Å². The molecule has 2 rings (SSSR count). The third-order valence-electron chi connectivity index (χ3n) is 1.98. The molecular formula is C10H5Cl3OS. The Labute approximate surface area is 106 Å². The summed E-state index contributed by atoms with van der Waals surface area (Å²) in [5.41, 5.74) is 0.468. The topological polar surface area (TPSA) is 17.1 Å². The van der Waals surface area contributed by atoms with Gasteiger partial charge in [0.1, 0.15) is 0 Å². The molecule has 78 valence electrons. The van der Waals surface area contributed by atoms with Gasteiger partial charge in [-0.25, -0.2) is 0 Å². The first kappa shape index (κ1) is 11.2. The fourth-order valence-electron chi connectivity index (χ4n) is 1.31. The molecule has 0 radical (unpaired) electrons. The number of benzene rings is 1. The molecule has 1 heterocycles. The molecule has 0 unspecified atom stereocenters. The van der Waals surface area contributed by atoms with Crippen LogP contribution in [0.3, 0.4) is 0 Å². The Bertz CT molecular complexity index is 513. The van der Waals surface area contributed by atoms with Crippen molar-refractivity contribution in [3.63, 3.8) is 0 Å². The van der Waals surface area contributed by atoms with Crippen molar-refractivity contribution in [2.24, 2.45) is 0 Å². The number of rotatable bonds is 1. The van der Waals surface area contributed by atoms with E-state index in [9.17, 15) is 4.79 Å². The smallest absolute Gasteiger partial charge is 0.253 e. The number of thiophene rings is 1. The largest absolute Gasteiger partial charge is 0.289 e. The predicted octanol–water partition coefficient (Wildman–Crippen LogP) is 4.45. The van der Waals surface area contributed by atoms with Crippen LogP contribution in [-0.4, -0.2) is 9.58 Å². The molecule has 0 saturated heterocycles. The van der Waals surface area contributed by atoms with E-state index in [-0.39, 0.29) is 0 Å². The number of fused-ring (bicyclic) bond motifs is 1. The average Bonchev–Trinajstić information content (AvgIpc) is 2.58. The second-order valence-electron chi connectivity index (χ2n) is 2.97. The van der Waals surface area contributed by atoms with Crippen LogP contribution in [0.15, 0.2) is 29.6 Å². The highest BCUT2D eigenvalue weighted by molar-refractivity contribution is 7.17. The van der Waals surface area contributed by atoms with Gasteiger partial charge in [0.15, 0.2) is 0 Å². The van der Waals surface area contributed by atoms with E-state index >= 15 is 0 Å². The third-order valence-corrected chi connectivity index (χ3v) is 3.46. The number of halogens is 3. The normalized spacial score (nSPS) is 11.9. The first-order valence-corrected chi connectivity index (χ1v) is 6.09. The van der Waals surface area contributed by atoms with E-state index in [1.54, 1.807) is 5.38 Å². The zero-order valence-corrected chi connectivity index (χ0v) is 10.4. The molecule has 15 heavy (non-hydrogen) atoms. The van der Waals surface area contributed by atoms with Crippen LogP contribution in [0, 0.1) is 0 Å². The second kappa shape index (κ2) is 3.95. The van der Waals surface area contributed by atoms with Gasteiger partial charge in [-0.15, -0.1) is 11.3 Å². The van der Waals surface area contributed by atoms with Gasteiger partial charge in [0.25, 0.3) is 3.79 Å². The first-order chi connectivity index (χ1) is 7.00. The minimum absolute atomic E-state index is 0.468. The van der Waals surface area contributed by atoms with E-state index in [0.717, 1.165) is 10.1 Å². The monoisotopic (exact) mass is 278 g/mol. The molecule has 0 aliphatic heterocycles. The van der Waals surface area contributed by atoms with E-state index in [4.69, 9.17) is 34.8 Å². The van der Waals surface area contributed by atoms with Crippen LogP contribution in [0.2, 0.25) is 0 Å². The number of carbonyl (C=O) groups is 1. The van der Waals surface area contributed by atoms with Gasteiger partial charge < -0.3 is 0 Å². The molecule has 0 aliphatic carbocycles. The number of Topliss-reactive ketones (excluding diaryl/α,β-unsaturated/α-hetero) is 1. The van der Waals surface area contributed by atoms with Crippen molar-refractivity contribution in [2.75, 3.05) is 0 Å². The van der Waals surface area contributed by atoms with E-state index in [1.165, 1.54) is 11.3 Å². The number of ketones is 1. The minimum Gasteiger partial charge on any atom is -0.289 e. The lowest BCUT2D eigenvalue weighted by molar-refractivity contribution is 0.0998. The van der Waals surface area contributed by atoms with Gasteiger partial charge in [0, 0.05) is 21.0 Å². The lowest BCUT2D eigenvalue weighted by atomic mass is 10.1. The van der Waals surface area contributed by atoms with Crippen molar-refractivity contribution < 1.29 is 4.79 Å². The van der Waals surface area contributed by atoms with Crippen LogP contribution in [0.4, 0.5) is 0 Å². The van der Waals surface area contributed by atoms with E-state index < -0.39 is 9.58 Å². The summed E-state index contributed by atoms with van der Waals surface area (Å²) in [6.07, 6.45) is 0. The van der Waals surface area contributed by atoms with Gasteiger partial charge >= 0.3 is 0 Å². The summed E-state index contributed by atoms with van der Waals surface area (Å²) in [5, 5.41) is 2.55. The summed E-state index contributed by atoms with van der Waals surface area (Å²) in [6, 6.07) is 7.53. The van der Waals surface area contributed by atoms with Crippen molar-refractivity contribution in [2.45, 2.75) is 3.79 Å². The molecule has 1 aromatic carbocycles. The maximum absolute atomic E-state index is 11.8. The highest BCUT2D eigenvalue weighted by Crippen LogP contribution is 2.35. The lowest BCUT2D eigenvalue weighted by Gasteiger charge is -2.07. The highest BCUT2D eigenvalue weighted by atomic mass is 35.6. The van der Waals surface area contributed by atoms with Crippen LogP contribution in [0.5, 0.6) is 0 Å². The summed E-state index contributed by atoms with van der Waals surface area (Å²) in [6.45, 7) is 0. The first-order valence-electron chi connectivity index (χ1n) is 4.08. The molecule has 0 atom stereocenters. The highest BCUT2D eigenvalue weighted by Gasteiger charge is 2.33. The van der Waals surface area contributed by atoms with E-state index in [0.29, 0.717) is 5.56 Å². The molecule has 1 aromatic heterocycles. The number of hydrogen-bond acceptors (Lipinski definition) is 2. The van der Waals surface area contributed by atoms with Crippen molar-refractivity contribution >= 4 is 62.0 Å². The lowest BCUT2D eigenvalue weighted by Crippen LogP contribution is -2.18. The van der Waals surface area contributed by atoms with Crippen molar-refractivity contribution in [3.8, 4) is 0 Å². The second-order valence-corrected chi connectivity index (χ2v) is 6.16. The van der Waals surface area contributed by atoms with Crippen LogP contribution < -0.4 is 0 Å². The van der Waals surface area contributed by atoms with Gasteiger partial charge in [-0.1, -0.05) is 53.0 Å². The Morgan fingerprint density at radius 3 is 2.53 bits per heavy atom. The predicted molar refractivity (Wildman–Crippen MR) is 66.4 cm³/mol. The van der Waals surface area contributed by atoms with Gasteiger partial charge in [-0.05, 0) is 6.07 Å². The molecule has 5 heteroatoms. The number of hydrogen-bond donors (Lipinski definition) is 0. The summed E-state index contributed by atoms with van der Waals surface area (Å²) in [7, 11) is 0. The third kappa shape index (κ3) is 2.13. The van der Waals surface area contributed by atoms with Crippen LogP contribution >= 0.6 is 46.1 Å². The Balaban J connectivity index is 2.58. The fourth-order valence-corrected chi connectivity index (χ4v) is 2.55. The molecule has 2 aromatic rings. The minimum atomic E-state index is -1.89. The van der Waals surface area contributed by atoms with Gasteiger partial charge in [-0.3, -0.25) is 4.79 Å². The molecule has 1 nitrogen and oxygen atoms in total. The molecule has 0 saturated carbocycles. The average molecular weight is 280 g/mol. The van der Waals surface area contributed by atoms with Crippen LogP contribution in [-0.2, 0) is 0 Å². The fraction of sp³-hybridized carbons (Fsp3) is 0.100. The van der Waals surface area contributed by atoms with Crippen molar-refractivity contribution in [1.29, 1.82) is 0 Å². The van der Waals surface area contributed by atoms with E-state index in [2.05, 4.69) is 0 Å². The molecule has 0 amide bonds. The summed E-state index contributed by atoms with van der Waals surface area (Å²) in [4.78, 5) is 11.8. The molecule has 0 spiro atoms. The maximum atomic E-state index is 11.8. The molecule has 0 N–H and O–H groups in total. The maximum Gasteiger partial charge on any atom is 0.253 e. The molecule has 0 aliphatic rings. The Morgan fingerprint density at radius 2 is 1.87 bits per heavy atom. The Morgan fingerprint density at radius 1 is 1.20 bits per heavy atom. The molecular weight excluding hydrogens is 275 g/mol. The molecule has 0 bridgehead atoms. The van der Waals surface area contributed by atoms with Gasteiger partial charge in [-0.2, -0.15) is 0 Å². The molecule has 0 fully saturated rings. The SMILES string of the molecule is O=C(c1csc2ccccc12)C(Cl)(Cl)Cl. The van der Waals surface area contributed by atoms with E-state index in [1.807, 2.05) is 24.3 Å². The summed E-state index contributed by atoms with van der Waals surface area (Å²) in [5.74, 6) is -0.482. The zero-order chi connectivity index (χ0) is 11.1. The Hall–Kier alpha value is -0.280. The summed E-state index contributed by atoms with van der Waals surface area (Å²) < 4.78 is -0.876. The summed E-state index contributed by atoms with van der Waals surface area (Å²) >= 11 is 18.1. The Kier molecular flexibility index (Phi) is 2.95. The van der Waals surface area contributed by atoms with Gasteiger partial charge in [0.05, 0.1) is 0 Å². The van der Waals surface area contributed by atoms with Crippen molar-refractivity contribution in [3.05, 3.63) is 35.2 Å². The number of carbonyl (C=O) groups excluding carboxylic acids is 1. The standard InChI is InChI=1S/C10H5Cl3OS/c11-10(12,13)9(14)7-5-15-8-4-2-1-3-6(7)8/h1-5H. The van der Waals surface area contributed by atoms with Crippen LogP contribution in [0.1, 0.15) is 10.4 Å².